The van der Waals surface area contributed by atoms with E-state index in [0.717, 1.165) is 45.2 Å². The van der Waals surface area contributed by atoms with Gasteiger partial charge in [-0.2, -0.15) is 0 Å². The van der Waals surface area contributed by atoms with Crippen LogP contribution in [0.1, 0.15) is 45.4 Å². The monoisotopic (exact) mass is 279 g/mol. The third-order valence-corrected chi connectivity index (χ3v) is 6.78. The van der Waals surface area contributed by atoms with Crippen LogP contribution in [0.2, 0.25) is 0 Å². The minimum atomic E-state index is -1.09. The Labute approximate surface area is 120 Å². The molecule has 3 saturated carbocycles. The van der Waals surface area contributed by atoms with Crippen LogP contribution in [0.25, 0.3) is 0 Å². The van der Waals surface area contributed by atoms with Gasteiger partial charge in [-0.1, -0.05) is 6.92 Å². The van der Waals surface area contributed by atoms with Gasteiger partial charge in [-0.05, 0) is 63.5 Å². The van der Waals surface area contributed by atoms with E-state index < -0.39 is 11.7 Å². The van der Waals surface area contributed by atoms with Crippen LogP contribution in [-0.2, 0) is 4.79 Å². The van der Waals surface area contributed by atoms with Crippen LogP contribution in [0.3, 0.4) is 0 Å². The zero-order valence-electron chi connectivity index (χ0n) is 12.2. The maximum atomic E-state index is 13.0. The molecule has 6 atom stereocenters. The standard InChI is InChI=1S/C16H25NO3/c1-10-8-11-9-15-12(18)4-2-6-17(15)7-3-5-16(11,20)14(19)13(10)15/h10-13,18,20H,2-9H2,1H3/t10-,11+,12?,13+,15-,16?/m1/s1. The van der Waals surface area contributed by atoms with Crippen LogP contribution in [-0.4, -0.2) is 51.2 Å². The van der Waals surface area contributed by atoms with E-state index in [0.29, 0.717) is 6.42 Å². The second-order valence-electron chi connectivity index (χ2n) is 7.62. The number of piperidine rings is 1. The molecule has 6 rings (SSSR count). The van der Waals surface area contributed by atoms with Crippen molar-refractivity contribution in [2.45, 2.75) is 62.7 Å². The number of Topliss-reactive ketones (excluding diaryl/α,β-unsaturated/α-hetero) is 1. The van der Waals surface area contributed by atoms with E-state index in [1.54, 1.807) is 0 Å². The number of nitrogens with zero attached hydrogens (tertiary/aromatic N) is 1. The molecule has 0 aromatic heterocycles. The average Bonchev–Trinajstić information content (AvgIpc) is 2.39. The Hall–Kier alpha value is -0.450. The number of hydrogen-bond donors (Lipinski definition) is 2. The molecule has 3 heterocycles. The lowest BCUT2D eigenvalue weighted by Crippen LogP contribution is -2.78. The van der Waals surface area contributed by atoms with Gasteiger partial charge in [0.05, 0.1) is 11.6 Å². The van der Waals surface area contributed by atoms with Crippen LogP contribution in [0.4, 0.5) is 0 Å². The molecule has 0 amide bonds. The molecule has 0 aromatic carbocycles. The van der Waals surface area contributed by atoms with Gasteiger partial charge in [0, 0.05) is 5.92 Å². The summed E-state index contributed by atoms with van der Waals surface area (Å²) in [5.41, 5.74) is -1.46. The van der Waals surface area contributed by atoms with Gasteiger partial charge in [-0.3, -0.25) is 9.69 Å². The first-order valence-corrected chi connectivity index (χ1v) is 8.20. The fraction of sp³-hybridized carbons (Fsp3) is 0.938. The van der Waals surface area contributed by atoms with E-state index in [9.17, 15) is 15.0 Å². The zero-order valence-corrected chi connectivity index (χ0v) is 12.2. The minimum absolute atomic E-state index is 0.0400. The normalized spacial score (nSPS) is 55.5. The quantitative estimate of drug-likeness (QED) is 0.693. The largest absolute Gasteiger partial charge is 0.391 e. The molecule has 3 aliphatic carbocycles. The fourth-order valence-corrected chi connectivity index (χ4v) is 6.00. The molecule has 6 fully saturated rings. The highest BCUT2D eigenvalue weighted by molar-refractivity contribution is 5.93. The topological polar surface area (TPSA) is 60.8 Å². The van der Waals surface area contributed by atoms with E-state index >= 15 is 0 Å². The molecule has 20 heavy (non-hydrogen) atoms. The first kappa shape index (κ1) is 13.2. The highest BCUT2D eigenvalue weighted by Gasteiger charge is 2.69. The van der Waals surface area contributed by atoms with Crippen molar-refractivity contribution < 1.29 is 15.0 Å². The zero-order chi connectivity index (χ0) is 14.1. The van der Waals surface area contributed by atoms with Gasteiger partial charge in [-0.25, -0.2) is 0 Å². The Balaban J connectivity index is 1.87. The number of ketones is 1. The number of hydrogen-bond acceptors (Lipinski definition) is 4. The fourth-order valence-electron chi connectivity index (χ4n) is 6.00. The number of aliphatic hydroxyl groups is 2. The van der Waals surface area contributed by atoms with Gasteiger partial charge >= 0.3 is 0 Å². The molecule has 6 aliphatic rings. The second-order valence-corrected chi connectivity index (χ2v) is 7.62. The number of carbonyl (C=O) groups excluding carboxylic acids is 1. The number of fused-ring (bicyclic) bond motifs is 3. The summed E-state index contributed by atoms with van der Waals surface area (Å²) in [6.07, 6.45) is 4.65. The van der Waals surface area contributed by atoms with E-state index in [1.165, 1.54) is 0 Å². The molecule has 1 spiro atoms. The average molecular weight is 279 g/mol. The molecule has 0 radical (unpaired) electrons. The first-order valence-electron chi connectivity index (χ1n) is 8.20. The molecule has 0 aromatic rings. The smallest absolute Gasteiger partial charge is 0.169 e. The molecule has 2 unspecified atom stereocenters. The van der Waals surface area contributed by atoms with Gasteiger partial charge in [0.25, 0.3) is 0 Å². The van der Waals surface area contributed by atoms with Crippen LogP contribution in [0, 0.1) is 17.8 Å². The Kier molecular flexibility index (Phi) is 2.68. The molecule has 3 aliphatic heterocycles. The number of rotatable bonds is 0. The van der Waals surface area contributed by atoms with E-state index in [2.05, 4.69) is 11.8 Å². The van der Waals surface area contributed by atoms with Gasteiger partial charge < -0.3 is 10.2 Å². The Morgan fingerprint density at radius 1 is 1.30 bits per heavy atom. The SMILES string of the molecule is C[C@@H]1C[C@H]2C[C@]34C(O)CCCN3CCCC2(O)C(=O)[C@H]14. The highest BCUT2D eigenvalue weighted by atomic mass is 16.3. The van der Waals surface area contributed by atoms with Gasteiger partial charge in [-0.15, -0.1) is 0 Å². The van der Waals surface area contributed by atoms with Gasteiger partial charge in [0.1, 0.15) is 5.60 Å². The molecule has 4 bridgehead atoms. The van der Waals surface area contributed by atoms with Crippen LogP contribution < -0.4 is 0 Å². The van der Waals surface area contributed by atoms with Crippen molar-refractivity contribution in [3.8, 4) is 0 Å². The molecule has 4 nitrogen and oxygen atoms in total. The maximum Gasteiger partial charge on any atom is 0.169 e. The molecule has 112 valence electrons. The number of carbonyl (C=O) groups is 1. The predicted octanol–water partition coefficient (Wildman–Crippen LogP) is 0.952. The van der Waals surface area contributed by atoms with E-state index in [1.807, 2.05) is 0 Å². The summed E-state index contributed by atoms with van der Waals surface area (Å²) < 4.78 is 0. The number of aliphatic hydroxyl groups excluding tert-OH is 1. The van der Waals surface area contributed by atoms with Crippen molar-refractivity contribution in [1.29, 1.82) is 0 Å². The van der Waals surface area contributed by atoms with Crippen molar-refractivity contribution in [2.24, 2.45) is 17.8 Å². The molecule has 3 saturated heterocycles. The van der Waals surface area contributed by atoms with Crippen molar-refractivity contribution >= 4 is 5.78 Å². The molecule has 4 heteroatoms. The summed E-state index contributed by atoms with van der Waals surface area (Å²) >= 11 is 0. The first-order chi connectivity index (χ1) is 9.50. The summed E-state index contributed by atoms with van der Waals surface area (Å²) in [4.78, 5) is 15.4. The maximum absolute atomic E-state index is 13.0. The summed E-state index contributed by atoms with van der Waals surface area (Å²) in [6, 6.07) is 0. The highest BCUT2D eigenvalue weighted by Crippen LogP contribution is 2.59. The predicted molar refractivity (Wildman–Crippen MR) is 74.1 cm³/mol. The third-order valence-electron chi connectivity index (χ3n) is 6.78. The summed E-state index contributed by atoms with van der Waals surface area (Å²) in [7, 11) is 0. The van der Waals surface area contributed by atoms with Crippen molar-refractivity contribution in [1.82, 2.24) is 4.90 Å². The second kappa shape index (κ2) is 4.05. The minimum Gasteiger partial charge on any atom is -0.391 e. The van der Waals surface area contributed by atoms with Gasteiger partial charge in [0.15, 0.2) is 5.78 Å². The summed E-state index contributed by atoms with van der Waals surface area (Å²) in [6.45, 7) is 4.05. The van der Waals surface area contributed by atoms with Crippen LogP contribution >= 0.6 is 0 Å². The van der Waals surface area contributed by atoms with E-state index in [-0.39, 0.29) is 29.1 Å². The lowest BCUT2D eigenvalue weighted by Gasteiger charge is -2.66. The van der Waals surface area contributed by atoms with E-state index in [4.69, 9.17) is 0 Å². The Bertz CT molecular complexity index is 453. The molecular weight excluding hydrogens is 254 g/mol. The Morgan fingerprint density at radius 3 is 2.80 bits per heavy atom. The lowest BCUT2D eigenvalue weighted by molar-refractivity contribution is -0.223. The van der Waals surface area contributed by atoms with Crippen molar-refractivity contribution in [3.63, 3.8) is 0 Å². The Morgan fingerprint density at radius 2 is 2.05 bits per heavy atom. The van der Waals surface area contributed by atoms with Gasteiger partial charge in [0.2, 0.25) is 0 Å². The van der Waals surface area contributed by atoms with Crippen molar-refractivity contribution in [2.75, 3.05) is 13.1 Å². The summed E-state index contributed by atoms with van der Waals surface area (Å²) in [5, 5.41) is 21.7. The lowest BCUT2D eigenvalue weighted by atomic mass is 9.46. The van der Waals surface area contributed by atoms with Crippen molar-refractivity contribution in [3.05, 3.63) is 0 Å². The molecular formula is C16H25NO3. The van der Waals surface area contributed by atoms with Crippen LogP contribution in [0.5, 0.6) is 0 Å². The van der Waals surface area contributed by atoms with Crippen LogP contribution in [0.15, 0.2) is 0 Å². The molecule has 2 N–H and O–H groups in total. The summed E-state index contributed by atoms with van der Waals surface area (Å²) in [5.74, 6) is 0.201. The third kappa shape index (κ3) is 1.36.